The SMILES string of the molecule is CCSc1ccc(S(=O)(=O)CC)c(-c2nc3cc(C)ncc3n2C)n1. The molecule has 6 nitrogen and oxygen atoms in total. The van der Waals surface area contributed by atoms with Crippen molar-refractivity contribution in [3.63, 3.8) is 0 Å². The van der Waals surface area contributed by atoms with Crippen molar-refractivity contribution in [3.05, 3.63) is 30.1 Å². The predicted octanol–water partition coefficient (Wildman–Crippen LogP) is 3.24. The van der Waals surface area contributed by atoms with Crippen molar-refractivity contribution < 1.29 is 8.42 Å². The minimum absolute atomic E-state index is 0.0204. The molecule has 0 unspecified atom stereocenters. The molecular weight excluding hydrogens is 356 g/mol. The number of hydrogen-bond donors (Lipinski definition) is 0. The monoisotopic (exact) mass is 376 g/mol. The lowest BCUT2D eigenvalue weighted by atomic mass is 10.3. The maximum atomic E-state index is 12.5. The normalized spacial score (nSPS) is 12.0. The van der Waals surface area contributed by atoms with Gasteiger partial charge in [0.05, 0.1) is 32.9 Å². The second kappa shape index (κ2) is 6.76. The Hall–Kier alpha value is -1.93. The number of rotatable bonds is 5. The van der Waals surface area contributed by atoms with Crippen molar-refractivity contribution in [3.8, 4) is 11.5 Å². The molecule has 0 bridgehead atoms. The molecular formula is C17H20N4O2S2. The lowest BCUT2D eigenvalue weighted by Crippen LogP contribution is -2.09. The van der Waals surface area contributed by atoms with Crippen molar-refractivity contribution in [2.45, 2.75) is 30.7 Å². The van der Waals surface area contributed by atoms with E-state index in [0.29, 0.717) is 11.5 Å². The summed E-state index contributed by atoms with van der Waals surface area (Å²) >= 11 is 1.57. The Morgan fingerprint density at radius 1 is 1.20 bits per heavy atom. The van der Waals surface area contributed by atoms with Crippen molar-refractivity contribution >= 4 is 32.6 Å². The smallest absolute Gasteiger partial charge is 0.180 e. The van der Waals surface area contributed by atoms with Gasteiger partial charge in [-0.3, -0.25) is 4.98 Å². The van der Waals surface area contributed by atoms with Crippen LogP contribution in [0.1, 0.15) is 19.5 Å². The number of fused-ring (bicyclic) bond motifs is 1. The maximum Gasteiger partial charge on any atom is 0.180 e. The Morgan fingerprint density at radius 2 is 1.96 bits per heavy atom. The number of thioether (sulfide) groups is 1. The van der Waals surface area contributed by atoms with Gasteiger partial charge in [-0.1, -0.05) is 13.8 Å². The molecule has 3 aromatic heterocycles. The van der Waals surface area contributed by atoms with Crippen LogP contribution in [0.25, 0.3) is 22.6 Å². The molecule has 3 heterocycles. The van der Waals surface area contributed by atoms with E-state index in [1.165, 1.54) is 0 Å². The summed E-state index contributed by atoms with van der Waals surface area (Å²) in [7, 11) is -1.56. The predicted molar refractivity (Wildman–Crippen MR) is 101 cm³/mol. The molecule has 0 aliphatic rings. The molecule has 0 saturated carbocycles. The third kappa shape index (κ3) is 3.28. The van der Waals surface area contributed by atoms with Gasteiger partial charge in [0.2, 0.25) is 0 Å². The fourth-order valence-electron chi connectivity index (χ4n) is 2.62. The number of nitrogens with zero attached hydrogens (tertiary/aromatic N) is 4. The van der Waals surface area contributed by atoms with Crippen molar-refractivity contribution in [2.24, 2.45) is 7.05 Å². The molecule has 0 radical (unpaired) electrons. The van der Waals surface area contributed by atoms with Crippen LogP contribution in [0.2, 0.25) is 0 Å². The first-order valence-electron chi connectivity index (χ1n) is 8.03. The molecule has 0 atom stereocenters. The van der Waals surface area contributed by atoms with Gasteiger partial charge in [-0.15, -0.1) is 11.8 Å². The lowest BCUT2D eigenvalue weighted by Gasteiger charge is -2.10. The molecule has 8 heteroatoms. The van der Waals surface area contributed by atoms with Gasteiger partial charge in [0.25, 0.3) is 0 Å². The number of aryl methyl sites for hydroxylation is 2. The van der Waals surface area contributed by atoms with Crippen molar-refractivity contribution in [1.29, 1.82) is 0 Å². The van der Waals surface area contributed by atoms with Crippen LogP contribution in [0, 0.1) is 6.92 Å². The number of imidazole rings is 1. The summed E-state index contributed by atoms with van der Waals surface area (Å²) in [5.74, 6) is 1.41. The summed E-state index contributed by atoms with van der Waals surface area (Å²) in [6.07, 6.45) is 1.75. The summed E-state index contributed by atoms with van der Waals surface area (Å²) in [5.41, 5.74) is 2.88. The Bertz CT molecular complexity index is 1040. The van der Waals surface area contributed by atoms with E-state index in [-0.39, 0.29) is 10.6 Å². The van der Waals surface area contributed by atoms with Crippen LogP contribution in [0.5, 0.6) is 0 Å². The summed E-state index contributed by atoms with van der Waals surface area (Å²) in [6, 6.07) is 5.29. The van der Waals surface area contributed by atoms with Gasteiger partial charge in [0.15, 0.2) is 15.7 Å². The fraction of sp³-hybridized carbons (Fsp3) is 0.353. The Kier molecular flexibility index (Phi) is 4.83. The van der Waals surface area contributed by atoms with E-state index >= 15 is 0 Å². The van der Waals surface area contributed by atoms with Gasteiger partial charge in [-0.2, -0.15) is 0 Å². The van der Waals surface area contributed by atoms with Crippen molar-refractivity contribution in [2.75, 3.05) is 11.5 Å². The molecule has 0 aromatic carbocycles. The zero-order valence-corrected chi connectivity index (χ0v) is 16.3. The van der Waals surface area contributed by atoms with Crippen LogP contribution in [0.15, 0.2) is 34.3 Å². The van der Waals surface area contributed by atoms with Gasteiger partial charge in [-0.05, 0) is 30.9 Å². The Labute approximate surface area is 151 Å². The number of sulfone groups is 1. The summed E-state index contributed by atoms with van der Waals surface area (Å²) in [6.45, 7) is 5.57. The molecule has 25 heavy (non-hydrogen) atoms. The molecule has 0 spiro atoms. The highest BCUT2D eigenvalue weighted by atomic mass is 32.2. The second-order valence-electron chi connectivity index (χ2n) is 5.64. The second-order valence-corrected chi connectivity index (χ2v) is 9.17. The van der Waals surface area contributed by atoms with Crippen LogP contribution in [0.3, 0.4) is 0 Å². The van der Waals surface area contributed by atoms with Crippen molar-refractivity contribution in [1.82, 2.24) is 19.5 Å². The summed E-state index contributed by atoms with van der Waals surface area (Å²) in [5, 5.41) is 0.786. The maximum absolute atomic E-state index is 12.5. The fourth-order valence-corrected chi connectivity index (χ4v) is 4.26. The van der Waals surface area contributed by atoms with Gasteiger partial charge in [0.1, 0.15) is 5.69 Å². The first kappa shape index (κ1) is 17.9. The molecule has 0 saturated heterocycles. The number of hydrogen-bond acceptors (Lipinski definition) is 6. The van der Waals surface area contributed by atoms with E-state index in [9.17, 15) is 8.42 Å². The number of aromatic nitrogens is 4. The van der Waals surface area contributed by atoms with Gasteiger partial charge in [-0.25, -0.2) is 18.4 Å². The molecule has 0 amide bonds. The summed E-state index contributed by atoms with van der Waals surface area (Å²) < 4.78 is 26.9. The molecule has 0 aliphatic heterocycles. The van der Waals surface area contributed by atoms with E-state index in [0.717, 1.165) is 27.5 Å². The van der Waals surface area contributed by atoms with Gasteiger partial charge < -0.3 is 4.57 Å². The highest BCUT2D eigenvalue weighted by Gasteiger charge is 2.23. The van der Waals surface area contributed by atoms with Crippen LogP contribution in [-0.2, 0) is 16.9 Å². The topological polar surface area (TPSA) is 77.7 Å². The Balaban J connectivity index is 2.31. The van der Waals surface area contributed by atoms with E-state index in [4.69, 9.17) is 0 Å². The van der Waals surface area contributed by atoms with Gasteiger partial charge >= 0.3 is 0 Å². The molecule has 0 aliphatic carbocycles. The molecule has 132 valence electrons. The lowest BCUT2D eigenvalue weighted by molar-refractivity contribution is 0.597. The highest BCUT2D eigenvalue weighted by Crippen LogP contribution is 2.30. The van der Waals surface area contributed by atoms with E-state index < -0.39 is 9.84 Å². The molecule has 0 fully saturated rings. The van der Waals surface area contributed by atoms with E-state index in [1.54, 1.807) is 37.0 Å². The minimum Gasteiger partial charge on any atom is -0.324 e. The van der Waals surface area contributed by atoms with E-state index in [2.05, 4.69) is 15.0 Å². The zero-order chi connectivity index (χ0) is 18.2. The first-order chi connectivity index (χ1) is 11.9. The molecule has 3 rings (SSSR count). The average Bonchev–Trinajstić information content (AvgIpc) is 2.91. The quantitative estimate of drug-likeness (QED) is 0.636. The highest BCUT2D eigenvalue weighted by molar-refractivity contribution is 7.99. The third-order valence-electron chi connectivity index (χ3n) is 3.96. The zero-order valence-electron chi connectivity index (χ0n) is 14.6. The molecule has 3 aromatic rings. The first-order valence-corrected chi connectivity index (χ1v) is 10.7. The average molecular weight is 377 g/mol. The third-order valence-corrected chi connectivity index (χ3v) is 6.53. The van der Waals surface area contributed by atoms with Gasteiger partial charge in [0, 0.05) is 12.7 Å². The van der Waals surface area contributed by atoms with Crippen LogP contribution < -0.4 is 0 Å². The standard InChI is InChI=1S/C17H20N4O2S2/c1-5-24-15-8-7-14(25(22,23)6-2)16(20-15)17-19-12-9-11(3)18-10-13(12)21(17)4/h7-10H,5-6H2,1-4H3. The number of pyridine rings is 2. The minimum atomic E-state index is -3.41. The largest absolute Gasteiger partial charge is 0.324 e. The summed E-state index contributed by atoms with van der Waals surface area (Å²) in [4.78, 5) is 13.8. The Morgan fingerprint density at radius 3 is 2.64 bits per heavy atom. The van der Waals surface area contributed by atoms with E-state index in [1.807, 2.05) is 31.5 Å². The van der Waals surface area contributed by atoms with Crippen LogP contribution >= 0.6 is 11.8 Å². The van der Waals surface area contributed by atoms with Crippen LogP contribution in [0.4, 0.5) is 0 Å². The molecule has 0 N–H and O–H groups in total. The van der Waals surface area contributed by atoms with Crippen LogP contribution in [-0.4, -0.2) is 39.4 Å².